The smallest absolute Gasteiger partial charge is 0.0457 e. The van der Waals surface area contributed by atoms with E-state index in [1.807, 2.05) is 0 Å². The number of aryl methyl sites for hydroxylation is 1. The van der Waals surface area contributed by atoms with E-state index < -0.39 is 0 Å². The molecule has 0 aliphatic heterocycles. The lowest BCUT2D eigenvalue weighted by atomic mass is 9.91. The van der Waals surface area contributed by atoms with Crippen molar-refractivity contribution in [1.29, 1.82) is 0 Å². The molecule has 0 spiro atoms. The number of hydrogen-bond acceptors (Lipinski definition) is 1. The first-order valence-electron chi connectivity index (χ1n) is 7.09. The summed E-state index contributed by atoms with van der Waals surface area (Å²) in [6, 6.07) is 17.1. The van der Waals surface area contributed by atoms with Gasteiger partial charge in [-0.1, -0.05) is 42.0 Å². The van der Waals surface area contributed by atoms with Crippen molar-refractivity contribution in [3.05, 3.63) is 71.4 Å². The lowest BCUT2D eigenvalue weighted by Crippen LogP contribution is -2.14. The van der Waals surface area contributed by atoms with Crippen LogP contribution in [0.15, 0.2) is 54.7 Å². The average molecular weight is 264 g/mol. The third-order valence-corrected chi connectivity index (χ3v) is 3.92. The zero-order chi connectivity index (χ0) is 13.9. The standard InChI is InChI=1S/C18H20N2/c1-13-7-8-18-16(9-13)17(12-20-18)15(11-19)10-14-5-3-2-4-6-14/h2-9,12,15,20H,10-11,19H2,1H3. The van der Waals surface area contributed by atoms with Crippen molar-refractivity contribution in [2.24, 2.45) is 5.73 Å². The van der Waals surface area contributed by atoms with Crippen LogP contribution in [0.2, 0.25) is 0 Å². The minimum atomic E-state index is 0.355. The SMILES string of the molecule is Cc1ccc2[nH]cc(C(CN)Cc3ccccc3)c2c1. The lowest BCUT2D eigenvalue weighted by Gasteiger charge is -2.14. The first-order chi connectivity index (χ1) is 9.78. The zero-order valence-corrected chi connectivity index (χ0v) is 11.8. The van der Waals surface area contributed by atoms with Gasteiger partial charge in [-0.2, -0.15) is 0 Å². The molecule has 102 valence electrons. The maximum Gasteiger partial charge on any atom is 0.0457 e. The van der Waals surface area contributed by atoms with Gasteiger partial charge in [0, 0.05) is 23.0 Å². The van der Waals surface area contributed by atoms with Crippen molar-refractivity contribution in [2.45, 2.75) is 19.3 Å². The minimum absolute atomic E-state index is 0.355. The molecule has 0 amide bonds. The maximum atomic E-state index is 6.03. The number of nitrogens with one attached hydrogen (secondary N) is 1. The van der Waals surface area contributed by atoms with Crippen LogP contribution in [0.1, 0.15) is 22.6 Å². The van der Waals surface area contributed by atoms with Gasteiger partial charge in [-0.3, -0.25) is 0 Å². The molecule has 3 rings (SSSR count). The van der Waals surface area contributed by atoms with Crippen LogP contribution in [0.3, 0.4) is 0 Å². The first kappa shape index (κ1) is 12.9. The topological polar surface area (TPSA) is 41.8 Å². The van der Waals surface area contributed by atoms with Crippen LogP contribution in [-0.2, 0) is 6.42 Å². The van der Waals surface area contributed by atoms with Crippen LogP contribution < -0.4 is 5.73 Å². The Morgan fingerprint density at radius 1 is 1.10 bits per heavy atom. The second-order valence-corrected chi connectivity index (χ2v) is 5.42. The summed E-state index contributed by atoms with van der Waals surface area (Å²) in [7, 11) is 0. The van der Waals surface area contributed by atoms with E-state index in [-0.39, 0.29) is 0 Å². The number of fused-ring (bicyclic) bond motifs is 1. The summed E-state index contributed by atoms with van der Waals surface area (Å²) in [5.74, 6) is 0.355. The molecule has 0 radical (unpaired) electrons. The monoisotopic (exact) mass is 264 g/mol. The molecule has 20 heavy (non-hydrogen) atoms. The predicted octanol–water partition coefficient (Wildman–Crippen LogP) is 3.76. The molecule has 1 heterocycles. The molecule has 3 aromatic rings. The summed E-state index contributed by atoms with van der Waals surface area (Å²) in [6.07, 6.45) is 3.10. The van der Waals surface area contributed by atoms with Gasteiger partial charge in [0.15, 0.2) is 0 Å². The van der Waals surface area contributed by atoms with E-state index in [1.54, 1.807) is 0 Å². The molecule has 0 aliphatic carbocycles. The van der Waals surface area contributed by atoms with E-state index in [1.165, 1.54) is 27.6 Å². The molecule has 0 fully saturated rings. The summed E-state index contributed by atoms with van der Waals surface area (Å²) in [5.41, 5.74) is 11.2. The highest BCUT2D eigenvalue weighted by Gasteiger charge is 2.15. The quantitative estimate of drug-likeness (QED) is 0.740. The minimum Gasteiger partial charge on any atom is -0.361 e. The number of H-pyrrole nitrogens is 1. The predicted molar refractivity (Wildman–Crippen MR) is 85.0 cm³/mol. The molecular weight excluding hydrogens is 244 g/mol. The third kappa shape index (κ3) is 2.47. The molecular formula is C18H20N2. The number of aromatic amines is 1. The van der Waals surface area contributed by atoms with E-state index in [4.69, 9.17) is 5.73 Å². The second-order valence-electron chi connectivity index (χ2n) is 5.42. The Hall–Kier alpha value is -2.06. The molecule has 2 heteroatoms. The van der Waals surface area contributed by atoms with Crippen molar-refractivity contribution in [3.63, 3.8) is 0 Å². The number of benzene rings is 2. The molecule has 1 aromatic heterocycles. The van der Waals surface area contributed by atoms with Crippen LogP contribution in [0, 0.1) is 6.92 Å². The van der Waals surface area contributed by atoms with Gasteiger partial charge in [-0.15, -0.1) is 0 Å². The zero-order valence-electron chi connectivity index (χ0n) is 11.8. The van der Waals surface area contributed by atoms with Crippen molar-refractivity contribution < 1.29 is 0 Å². The van der Waals surface area contributed by atoms with Gasteiger partial charge in [-0.25, -0.2) is 0 Å². The number of hydrogen-bond donors (Lipinski definition) is 2. The fourth-order valence-electron chi connectivity index (χ4n) is 2.81. The Bertz CT molecular complexity index is 698. The summed E-state index contributed by atoms with van der Waals surface area (Å²) in [4.78, 5) is 3.36. The number of rotatable bonds is 4. The van der Waals surface area contributed by atoms with Crippen molar-refractivity contribution >= 4 is 10.9 Å². The molecule has 0 saturated heterocycles. The highest BCUT2D eigenvalue weighted by molar-refractivity contribution is 5.84. The Morgan fingerprint density at radius 3 is 2.65 bits per heavy atom. The number of nitrogens with two attached hydrogens (primary N) is 1. The molecule has 0 saturated carbocycles. The molecule has 1 atom stereocenters. The second kappa shape index (κ2) is 5.51. The summed E-state index contributed by atoms with van der Waals surface area (Å²) in [6.45, 7) is 2.79. The van der Waals surface area contributed by atoms with Gasteiger partial charge in [-0.05, 0) is 43.1 Å². The highest BCUT2D eigenvalue weighted by atomic mass is 14.7. The van der Waals surface area contributed by atoms with Gasteiger partial charge < -0.3 is 10.7 Å². The van der Waals surface area contributed by atoms with Crippen LogP contribution >= 0.6 is 0 Å². The molecule has 3 N–H and O–H groups in total. The Labute approximate surface area is 119 Å². The molecule has 0 bridgehead atoms. The maximum absolute atomic E-state index is 6.03. The summed E-state index contributed by atoms with van der Waals surface area (Å²) in [5, 5.41) is 1.30. The van der Waals surface area contributed by atoms with Gasteiger partial charge in [0.2, 0.25) is 0 Å². The van der Waals surface area contributed by atoms with Gasteiger partial charge in [0.05, 0.1) is 0 Å². The van der Waals surface area contributed by atoms with Crippen LogP contribution in [0.25, 0.3) is 10.9 Å². The van der Waals surface area contributed by atoms with E-state index in [0.717, 1.165) is 6.42 Å². The van der Waals surface area contributed by atoms with E-state index >= 15 is 0 Å². The van der Waals surface area contributed by atoms with Gasteiger partial charge >= 0.3 is 0 Å². The highest BCUT2D eigenvalue weighted by Crippen LogP contribution is 2.28. The number of aromatic nitrogens is 1. The van der Waals surface area contributed by atoms with Crippen LogP contribution in [-0.4, -0.2) is 11.5 Å². The average Bonchev–Trinajstić information content (AvgIpc) is 2.89. The van der Waals surface area contributed by atoms with Crippen LogP contribution in [0.5, 0.6) is 0 Å². The van der Waals surface area contributed by atoms with Crippen molar-refractivity contribution in [3.8, 4) is 0 Å². The van der Waals surface area contributed by atoms with E-state index in [2.05, 4.69) is 66.6 Å². The molecule has 1 unspecified atom stereocenters. The van der Waals surface area contributed by atoms with Crippen molar-refractivity contribution in [1.82, 2.24) is 4.98 Å². The van der Waals surface area contributed by atoms with E-state index in [9.17, 15) is 0 Å². The Morgan fingerprint density at radius 2 is 1.90 bits per heavy atom. The van der Waals surface area contributed by atoms with Crippen LogP contribution in [0.4, 0.5) is 0 Å². The fraction of sp³-hybridized carbons (Fsp3) is 0.222. The largest absolute Gasteiger partial charge is 0.361 e. The summed E-state index contributed by atoms with van der Waals surface area (Å²) >= 11 is 0. The van der Waals surface area contributed by atoms with Crippen molar-refractivity contribution in [2.75, 3.05) is 6.54 Å². The molecule has 0 aliphatic rings. The normalized spacial score (nSPS) is 12.7. The van der Waals surface area contributed by atoms with Gasteiger partial charge in [0.1, 0.15) is 0 Å². The fourth-order valence-corrected chi connectivity index (χ4v) is 2.81. The Balaban J connectivity index is 1.97. The molecule has 2 aromatic carbocycles. The molecule has 2 nitrogen and oxygen atoms in total. The third-order valence-electron chi connectivity index (χ3n) is 3.92. The Kier molecular flexibility index (Phi) is 3.57. The lowest BCUT2D eigenvalue weighted by molar-refractivity contribution is 0.699. The van der Waals surface area contributed by atoms with E-state index in [0.29, 0.717) is 12.5 Å². The summed E-state index contributed by atoms with van der Waals surface area (Å²) < 4.78 is 0. The van der Waals surface area contributed by atoms with Gasteiger partial charge in [0.25, 0.3) is 0 Å². The first-order valence-corrected chi connectivity index (χ1v) is 7.09.